The first-order valence-electron chi connectivity index (χ1n) is 9.43. The van der Waals surface area contributed by atoms with Crippen molar-refractivity contribution in [3.8, 4) is 0 Å². The van der Waals surface area contributed by atoms with Gasteiger partial charge >= 0.3 is 0 Å². The molecular formula is C22H28N2O2. The van der Waals surface area contributed by atoms with Gasteiger partial charge in [0.2, 0.25) is 5.91 Å². The molecule has 1 aliphatic carbocycles. The van der Waals surface area contributed by atoms with Crippen molar-refractivity contribution in [1.82, 2.24) is 5.32 Å². The summed E-state index contributed by atoms with van der Waals surface area (Å²) >= 11 is 0. The quantitative estimate of drug-likeness (QED) is 0.799. The molecule has 0 atom stereocenters. The fourth-order valence-electron chi connectivity index (χ4n) is 3.49. The van der Waals surface area contributed by atoms with Gasteiger partial charge in [-0.05, 0) is 29.5 Å². The van der Waals surface area contributed by atoms with Crippen molar-refractivity contribution in [1.29, 1.82) is 0 Å². The molecule has 2 aromatic carbocycles. The second-order valence-electron chi connectivity index (χ2n) is 7.15. The van der Waals surface area contributed by atoms with Crippen LogP contribution >= 0.6 is 0 Å². The maximum Gasteiger partial charge on any atom is 0.240 e. The molecule has 0 radical (unpaired) electrons. The summed E-state index contributed by atoms with van der Waals surface area (Å²) in [7, 11) is 0. The molecule has 0 saturated heterocycles. The molecule has 1 aliphatic rings. The summed E-state index contributed by atoms with van der Waals surface area (Å²) in [6.45, 7) is 1.59. The zero-order valence-corrected chi connectivity index (χ0v) is 15.2. The highest BCUT2D eigenvalue weighted by atomic mass is 16.5. The lowest BCUT2D eigenvalue weighted by atomic mass is 9.82. The van der Waals surface area contributed by atoms with Crippen LogP contribution < -0.4 is 11.1 Å². The number of hydrogen-bond donors (Lipinski definition) is 2. The Kier molecular flexibility index (Phi) is 6.42. The Balaban J connectivity index is 1.54. The van der Waals surface area contributed by atoms with Gasteiger partial charge in [-0.15, -0.1) is 0 Å². The Bertz CT molecular complexity index is 709. The van der Waals surface area contributed by atoms with E-state index < -0.39 is 5.54 Å². The topological polar surface area (TPSA) is 64.4 Å². The van der Waals surface area contributed by atoms with E-state index >= 15 is 0 Å². The molecule has 1 fully saturated rings. The molecule has 1 amide bonds. The minimum absolute atomic E-state index is 0.0304. The van der Waals surface area contributed by atoms with E-state index in [1.54, 1.807) is 0 Å². The van der Waals surface area contributed by atoms with E-state index in [1.165, 1.54) is 6.42 Å². The summed E-state index contributed by atoms with van der Waals surface area (Å²) in [5.74, 6) is -0.0304. The Morgan fingerprint density at radius 3 is 2.31 bits per heavy atom. The summed E-state index contributed by atoms with van der Waals surface area (Å²) < 4.78 is 5.85. The molecule has 3 rings (SSSR count). The fourth-order valence-corrected chi connectivity index (χ4v) is 3.49. The number of carbonyl (C=O) groups excluding carboxylic acids is 1. The molecule has 4 nitrogen and oxygen atoms in total. The molecule has 0 spiro atoms. The van der Waals surface area contributed by atoms with E-state index in [0.29, 0.717) is 19.8 Å². The molecule has 0 heterocycles. The molecule has 2 aromatic rings. The molecule has 1 saturated carbocycles. The molecule has 0 aliphatic heterocycles. The maximum absolute atomic E-state index is 12.5. The highest BCUT2D eigenvalue weighted by Gasteiger charge is 2.34. The summed E-state index contributed by atoms with van der Waals surface area (Å²) in [6.07, 6.45) is 4.80. The van der Waals surface area contributed by atoms with Gasteiger partial charge in [-0.2, -0.15) is 0 Å². The van der Waals surface area contributed by atoms with Crippen molar-refractivity contribution < 1.29 is 9.53 Å². The van der Waals surface area contributed by atoms with Crippen molar-refractivity contribution in [2.24, 2.45) is 5.73 Å². The first kappa shape index (κ1) is 18.6. The Hall–Kier alpha value is -2.17. The van der Waals surface area contributed by atoms with Gasteiger partial charge in [0, 0.05) is 6.54 Å². The molecular weight excluding hydrogens is 324 g/mol. The number of hydrogen-bond acceptors (Lipinski definition) is 3. The van der Waals surface area contributed by atoms with E-state index in [0.717, 1.165) is 42.4 Å². The SMILES string of the molecule is NC1(C(=O)NCc2ccccc2COCc2ccccc2)CCCCC1. The lowest BCUT2D eigenvalue weighted by Crippen LogP contribution is -2.54. The molecule has 4 heteroatoms. The maximum atomic E-state index is 12.5. The summed E-state index contributed by atoms with van der Waals surface area (Å²) in [5, 5.41) is 3.04. The number of nitrogens with one attached hydrogen (secondary N) is 1. The third-order valence-corrected chi connectivity index (χ3v) is 5.12. The molecule has 3 N–H and O–H groups in total. The minimum Gasteiger partial charge on any atom is -0.372 e. The van der Waals surface area contributed by atoms with Gasteiger partial charge in [-0.1, -0.05) is 73.9 Å². The number of nitrogens with two attached hydrogens (primary N) is 1. The van der Waals surface area contributed by atoms with Crippen LogP contribution in [0.2, 0.25) is 0 Å². The first-order chi connectivity index (χ1) is 12.7. The Morgan fingerprint density at radius 2 is 1.58 bits per heavy atom. The Labute approximate surface area is 155 Å². The van der Waals surface area contributed by atoms with E-state index in [1.807, 2.05) is 42.5 Å². The monoisotopic (exact) mass is 352 g/mol. The number of ether oxygens (including phenoxy) is 1. The van der Waals surface area contributed by atoms with Crippen molar-refractivity contribution in [2.45, 2.75) is 57.4 Å². The van der Waals surface area contributed by atoms with E-state index in [2.05, 4.69) is 17.4 Å². The van der Waals surface area contributed by atoms with Gasteiger partial charge in [0.1, 0.15) is 0 Å². The van der Waals surface area contributed by atoms with Crippen molar-refractivity contribution in [3.05, 3.63) is 71.3 Å². The van der Waals surface area contributed by atoms with Gasteiger partial charge in [0.05, 0.1) is 18.8 Å². The molecule has 0 unspecified atom stereocenters. The minimum atomic E-state index is -0.697. The second kappa shape index (κ2) is 8.97. The summed E-state index contributed by atoms with van der Waals surface area (Å²) in [4.78, 5) is 12.5. The predicted octanol–water partition coefficient (Wildman–Crippen LogP) is 3.68. The predicted molar refractivity (Wildman–Crippen MR) is 103 cm³/mol. The van der Waals surface area contributed by atoms with E-state index in [4.69, 9.17) is 10.5 Å². The van der Waals surface area contributed by atoms with Crippen LogP contribution in [0.25, 0.3) is 0 Å². The third kappa shape index (κ3) is 4.93. The van der Waals surface area contributed by atoms with E-state index in [9.17, 15) is 4.79 Å². The molecule has 0 bridgehead atoms. The van der Waals surface area contributed by atoms with Crippen LogP contribution in [0, 0.1) is 0 Å². The first-order valence-corrected chi connectivity index (χ1v) is 9.43. The van der Waals surface area contributed by atoms with Gasteiger partial charge in [-0.25, -0.2) is 0 Å². The Morgan fingerprint density at radius 1 is 0.923 bits per heavy atom. The zero-order valence-electron chi connectivity index (χ0n) is 15.2. The van der Waals surface area contributed by atoms with E-state index in [-0.39, 0.29) is 5.91 Å². The third-order valence-electron chi connectivity index (χ3n) is 5.12. The average molecular weight is 352 g/mol. The van der Waals surface area contributed by atoms with Crippen LogP contribution in [-0.4, -0.2) is 11.4 Å². The van der Waals surface area contributed by atoms with Crippen molar-refractivity contribution >= 4 is 5.91 Å². The lowest BCUT2D eigenvalue weighted by Gasteiger charge is -2.31. The van der Waals surface area contributed by atoms with Gasteiger partial charge in [0.15, 0.2) is 0 Å². The summed E-state index contributed by atoms with van der Waals surface area (Å²) in [5.41, 5.74) is 8.94. The number of amides is 1. The van der Waals surface area contributed by atoms with Crippen molar-refractivity contribution in [3.63, 3.8) is 0 Å². The largest absolute Gasteiger partial charge is 0.372 e. The van der Waals surface area contributed by atoms with Crippen LogP contribution in [0.1, 0.15) is 48.8 Å². The highest BCUT2D eigenvalue weighted by molar-refractivity contribution is 5.86. The second-order valence-corrected chi connectivity index (χ2v) is 7.15. The van der Waals surface area contributed by atoms with Crippen LogP contribution in [0.3, 0.4) is 0 Å². The van der Waals surface area contributed by atoms with Crippen LogP contribution in [0.5, 0.6) is 0 Å². The normalized spacial score (nSPS) is 16.2. The zero-order chi connectivity index (χ0) is 18.2. The van der Waals surface area contributed by atoms with Gasteiger partial charge in [0.25, 0.3) is 0 Å². The van der Waals surface area contributed by atoms with Crippen LogP contribution in [-0.2, 0) is 29.3 Å². The summed E-state index contributed by atoms with van der Waals surface area (Å²) in [6, 6.07) is 18.2. The molecule has 26 heavy (non-hydrogen) atoms. The standard InChI is InChI=1S/C22H28N2O2/c23-22(13-7-2-8-14-22)21(25)24-15-19-11-5-6-12-20(19)17-26-16-18-9-3-1-4-10-18/h1,3-6,9-12H,2,7-8,13-17,23H2,(H,24,25). The lowest BCUT2D eigenvalue weighted by molar-refractivity contribution is -0.127. The number of rotatable bonds is 7. The number of benzene rings is 2. The molecule has 138 valence electrons. The smallest absolute Gasteiger partial charge is 0.240 e. The van der Waals surface area contributed by atoms with Crippen LogP contribution in [0.4, 0.5) is 0 Å². The number of carbonyl (C=O) groups is 1. The fraction of sp³-hybridized carbons (Fsp3) is 0.409. The molecule has 0 aromatic heterocycles. The highest BCUT2D eigenvalue weighted by Crippen LogP contribution is 2.26. The average Bonchev–Trinajstić information content (AvgIpc) is 2.68. The van der Waals surface area contributed by atoms with Crippen LogP contribution in [0.15, 0.2) is 54.6 Å². The van der Waals surface area contributed by atoms with Gasteiger partial charge in [-0.3, -0.25) is 4.79 Å². The van der Waals surface area contributed by atoms with Crippen molar-refractivity contribution in [2.75, 3.05) is 0 Å². The van der Waals surface area contributed by atoms with Gasteiger partial charge < -0.3 is 15.8 Å².